The van der Waals surface area contributed by atoms with Crippen LogP contribution in [0.4, 0.5) is 13.2 Å². The van der Waals surface area contributed by atoms with E-state index in [1.54, 1.807) is 30.3 Å². The van der Waals surface area contributed by atoms with Crippen LogP contribution in [-0.2, 0) is 19.1 Å². The van der Waals surface area contributed by atoms with Crippen molar-refractivity contribution in [3.05, 3.63) is 76.3 Å². The second-order valence-corrected chi connectivity index (χ2v) is 7.31. The molecule has 2 aromatic carbocycles. The molecule has 0 aliphatic carbocycles. The molecule has 1 amide bonds. The lowest BCUT2D eigenvalue weighted by molar-refractivity contribution is -0.141. The van der Waals surface area contributed by atoms with Gasteiger partial charge in [-0.1, -0.05) is 54.6 Å². The molecule has 0 unspecified atom stereocenters. The number of hydrogen-bond acceptors (Lipinski definition) is 3. The second kappa shape index (κ2) is 6.81. The lowest BCUT2D eigenvalue weighted by atomic mass is 10.00. The van der Waals surface area contributed by atoms with Gasteiger partial charge in [0.1, 0.15) is 9.88 Å². The summed E-state index contributed by atoms with van der Waals surface area (Å²) in [5, 5.41) is 0.198. The summed E-state index contributed by atoms with van der Waals surface area (Å²) < 4.78 is 40.6. The highest BCUT2D eigenvalue weighted by molar-refractivity contribution is 7.17. The Hall–Kier alpha value is -2.67. The lowest BCUT2D eigenvalue weighted by Crippen LogP contribution is -2.36. The highest BCUT2D eigenvalue weighted by Gasteiger charge is 2.41. The van der Waals surface area contributed by atoms with Crippen LogP contribution in [0.2, 0.25) is 0 Å². The Balaban J connectivity index is 1.70. The van der Waals surface area contributed by atoms with E-state index in [2.05, 4.69) is 4.98 Å². The normalized spacial score (nSPS) is 14.1. The number of carbonyl (C=O) groups excluding carboxylic acids is 1. The van der Waals surface area contributed by atoms with E-state index in [9.17, 15) is 18.0 Å². The fourth-order valence-electron chi connectivity index (χ4n) is 3.17. The molecule has 0 fully saturated rings. The molecule has 0 atom stereocenters. The zero-order valence-corrected chi connectivity index (χ0v) is 15.0. The van der Waals surface area contributed by atoms with Crippen molar-refractivity contribution in [2.24, 2.45) is 0 Å². The summed E-state index contributed by atoms with van der Waals surface area (Å²) in [6.45, 7) is 0.705. The van der Waals surface area contributed by atoms with E-state index < -0.39 is 17.8 Å². The standard InChI is InChI=1S/C20H15F3N2OS/c21-20(22,23)17-16(27-18(24-17)14-7-2-1-3-8-14)19(26)25-11-10-13-6-4-5-9-15(13)12-25/h1-9H,10-12H2. The maximum absolute atomic E-state index is 13.5. The third kappa shape index (κ3) is 3.47. The van der Waals surface area contributed by atoms with Crippen molar-refractivity contribution in [2.45, 2.75) is 19.1 Å². The minimum absolute atomic E-state index is 0.198. The van der Waals surface area contributed by atoms with Crippen molar-refractivity contribution in [3.8, 4) is 10.6 Å². The average molecular weight is 388 g/mol. The first-order valence-corrected chi connectivity index (χ1v) is 9.24. The number of thiazole rings is 1. The lowest BCUT2D eigenvalue weighted by Gasteiger charge is -2.28. The second-order valence-electron chi connectivity index (χ2n) is 6.31. The first-order chi connectivity index (χ1) is 12.9. The first kappa shape index (κ1) is 17.7. The van der Waals surface area contributed by atoms with Gasteiger partial charge < -0.3 is 4.90 Å². The maximum atomic E-state index is 13.5. The van der Waals surface area contributed by atoms with Gasteiger partial charge >= 0.3 is 6.18 Å². The molecule has 4 rings (SSSR count). The van der Waals surface area contributed by atoms with Crippen molar-refractivity contribution in [1.29, 1.82) is 0 Å². The van der Waals surface area contributed by atoms with E-state index >= 15 is 0 Å². The molecule has 0 saturated carbocycles. The zero-order chi connectivity index (χ0) is 19.0. The van der Waals surface area contributed by atoms with Crippen LogP contribution in [-0.4, -0.2) is 22.3 Å². The Morgan fingerprint density at radius 2 is 1.67 bits per heavy atom. The number of alkyl halides is 3. The Morgan fingerprint density at radius 3 is 2.37 bits per heavy atom. The van der Waals surface area contributed by atoms with E-state index in [0.29, 0.717) is 25.1 Å². The Morgan fingerprint density at radius 1 is 1.00 bits per heavy atom. The van der Waals surface area contributed by atoms with Crippen LogP contribution in [0.25, 0.3) is 10.6 Å². The van der Waals surface area contributed by atoms with E-state index in [1.165, 1.54) is 4.90 Å². The molecule has 0 saturated heterocycles. The Labute approximate surface area is 158 Å². The van der Waals surface area contributed by atoms with Crippen LogP contribution in [0.15, 0.2) is 54.6 Å². The Bertz CT molecular complexity index is 982. The molecule has 1 aliphatic rings. The Kier molecular flexibility index (Phi) is 4.47. The zero-order valence-electron chi connectivity index (χ0n) is 14.2. The number of hydrogen-bond donors (Lipinski definition) is 0. The molecule has 3 nitrogen and oxygen atoms in total. The number of rotatable bonds is 2. The highest BCUT2D eigenvalue weighted by atomic mass is 32.1. The van der Waals surface area contributed by atoms with Gasteiger partial charge in [0.25, 0.3) is 5.91 Å². The van der Waals surface area contributed by atoms with Gasteiger partial charge in [0, 0.05) is 18.7 Å². The molecule has 0 spiro atoms. The van der Waals surface area contributed by atoms with E-state index in [0.717, 1.165) is 22.5 Å². The topological polar surface area (TPSA) is 33.2 Å². The van der Waals surface area contributed by atoms with Gasteiger partial charge in [-0.3, -0.25) is 4.79 Å². The molecule has 3 aromatic rings. The van der Waals surface area contributed by atoms with Crippen LogP contribution < -0.4 is 0 Å². The molecule has 138 valence electrons. The SMILES string of the molecule is O=C(c1sc(-c2ccccc2)nc1C(F)(F)F)N1CCc2ccccc2C1. The number of amides is 1. The monoisotopic (exact) mass is 388 g/mol. The summed E-state index contributed by atoms with van der Waals surface area (Å²) in [7, 11) is 0. The average Bonchev–Trinajstić information content (AvgIpc) is 3.14. The molecule has 0 N–H and O–H groups in total. The minimum atomic E-state index is -4.68. The van der Waals surface area contributed by atoms with Gasteiger partial charge in [-0.05, 0) is 17.5 Å². The maximum Gasteiger partial charge on any atom is 0.435 e. The van der Waals surface area contributed by atoms with Crippen LogP contribution in [0.5, 0.6) is 0 Å². The predicted octanol–water partition coefficient (Wildman–Crippen LogP) is 5.03. The van der Waals surface area contributed by atoms with Crippen LogP contribution in [0.1, 0.15) is 26.5 Å². The van der Waals surface area contributed by atoms with Crippen LogP contribution in [0, 0.1) is 0 Å². The summed E-state index contributed by atoms with van der Waals surface area (Å²) >= 11 is 0.800. The summed E-state index contributed by atoms with van der Waals surface area (Å²) in [6, 6.07) is 16.3. The van der Waals surface area contributed by atoms with E-state index in [4.69, 9.17) is 0 Å². The predicted molar refractivity (Wildman–Crippen MR) is 97.4 cm³/mol. The first-order valence-electron chi connectivity index (χ1n) is 8.43. The van der Waals surface area contributed by atoms with Gasteiger partial charge in [-0.2, -0.15) is 13.2 Å². The number of halogens is 3. The van der Waals surface area contributed by atoms with Crippen LogP contribution >= 0.6 is 11.3 Å². The van der Waals surface area contributed by atoms with Crippen molar-refractivity contribution in [3.63, 3.8) is 0 Å². The largest absolute Gasteiger partial charge is 0.435 e. The minimum Gasteiger partial charge on any atom is -0.333 e. The summed E-state index contributed by atoms with van der Waals surface area (Å²) in [5.41, 5.74) is 1.57. The molecule has 0 bridgehead atoms. The smallest absolute Gasteiger partial charge is 0.333 e. The highest BCUT2D eigenvalue weighted by Crippen LogP contribution is 2.38. The number of carbonyl (C=O) groups is 1. The van der Waals surface area contributed by atoms with Crippen molar-refractivity contribution in [2.75, 3.05) is 6.54 Å². The van der Waals surface area contributed by atoms with Gasteiger partial charge in [0.15, 0.2) is 5.69 Å². The van der Waals surface area contributed by atoms with E-state index in [1.807, 2.05) is 24.3 Å². The van der Waals surface area contributed by atoms with Crippen molar-refractivity contribution >= 4 is 17.2 Å². The molecular formula is C20H15F3N2OS. The molecule has 2 heterocycles. The van der Waals surface area contributed by atoms with Crippen molar-refractivity contribution in [1.82, 2.24) is 9.88 Å². The van der Waals surface area contributed by atoms with Gasteiger partial charge in [0.2, 0.25) is 0 Å². The third-order valence-corrected chi connectivity index (χ3v) is 5.62. The molecule has 1 aliphatic heterocycles. The molecule has 27 heavy (non-hydrogen) atoms. The number of aromatic nitrogens is 1. The molecular weight excluding hydrogens is 373 g/mol. The number of benzene rings is 2. The fourth-order valence-corrected chi connectivity index (χ4v) is 4.23. The summed E-state index contributed by atoms with van der Waals surface area (Å²) in [6.07, 6.45) is -4.05. The number of nitrogens with zero attached hydrogens (tertiary/aromatic N) is 2. The molecule has 7 heteroatoms. The summed E-state index contributed by atoms with van der Waals surface area (Å²) in [5.74, 6) is -0.614. The van der Waals surface area contributed by atoms with Crippen LogP contribution in [0.3, 0.4) is 0 Å². The third-order valence-electron chi connectivity index (χ3n) is 4.53. The van der Waals surface area contributed by atoms with E-state index in [-0.39, 0.29) is 9.88 Å². The van der Waals surface area contributed by atoms with Gasteiger partial charge in [0.05, 0.1) is 0 Å². The quantitative estimate of drug-likeness (QED) is 0.617. The van der Waals surface area contributed by atoms with Gasteiger partial charge in [-0.15, -0.1) is 11.3 Å². The molecule has 0 radical (unpaired) electrons. The van der Waals surface area contributed by atoms with Crippen molar-refractivity contribution < 1.29 is 18.0 Å². The fraction of sp³-hybridized carbons (Fsp3) is 0.200. The number of fused-ring (bicyclic) bond motifs is 1. The summed E-state index contributed by atoms with van der Waals surface area (Å²) in [4.78, 5) is 17.8. The van der Waals surface area contributed by atoms with Gasteiger partial charge in [-0.25, -0.2) is 4.98 Å². The molecule has 1 aromatic heterocycles.